The third-order valence-electron chi connectivity index (χ3n) is 3.62. The van der Waals surface area contributed by atoms with Gasteiger partial charge in [0.05, 0.1) is 20.2 Å². The summed E-state index contributed by atoms with van der Waals surface area (Å²) in [6.07, 6.45) is 0. The Morgan fingerprint density at radius 3 is 2.64 bits per heavy atom. The van der Waals surface area contributed by atoms with Gasteiger partial charge in [-0.25, -0.2) is 0 Å². The Kier molecular flexibility index (Phi) is 4.06. The lowest BCUT2D eigenvalue weighted by atomic mass is 10.2. The summed E-state index contributed by atoms with van der Waals surface area (Å²) in [5.74, 6) is 2.00. The van der Waals surface area contributed by atoms with Gasteiger partial charge in [-0.05, 0) is 24.3 Å². The summed E-state index contributed by atoms with van der Waals surface area (Å²) >= 11 is 0. The largest absolute Gasteiger partial charge is 0.497 e. The summed E-state index contributed by atoms with van der Waals surface area (Å²) in [7, 11) is 1.62. The van der Waals surface area contributed by atoms with Gasteiger partial charge in [0, 0.05) is 25.7 Å². The van der Waals surface area contributed by atoms with Crippen LogP contribution in [0.4, 0.5) is 5.69 Å². The highest BCUT2D eigenvalue weighted by molar-refractivity contribution is 5.95. The van der Waals surface area contributed by atoms with Crippen LogP contribution in [0.15, 0.2) is 28.8 Å². The quantitative estimate of drug-likeness (QED) is 0.846. The van der Waals surface area contributed by atoms with Crippen LogP contribution in [-0.2, 0) is 11.3 Å². The van der Waals surface area contributed by atoms with Crippen LogP contribution in [0.3, 0.4) is 0 Å². The van der Waals surface area contributed by atoms with Gasteiger partial charge in [-0.3, -0.25) is 9.69 Å². The summed E-state index contributed by atoms with van der Waals surface area (Å²) in [6, 6.07) is 7.51. The molecule has 1 aliphatic rings. The van der Waals surface area contributed by atoms with Crippen molar-refractivity contribution >= 4 is 11.6 Å². The first-order valence-corrected chi connectivity index (χ1v) is 7.11. The van der Waals surface area contributed by atoms with Crippen LogP contribution in [0.5, 0.6) is 5.75 Å². The number of carbonyl (C=O) groups excluding carboxylic acids is 1. The predicted molar refractivity (Wildman–Crippen MR) is 79.7 cm³/mol. The maximum Gasteiger partial charge on any atom is 0.241 e. The minimum absolute atomic E-state index is 0.0663. The molecule has 1 aliphatic heterocycles. The molecule has 0 saturated carbocycles. The van der Waals surface area contributed by atoms with E-state index in [4.69, 9.17) is 9.26 Å². The first kappa shape index (κ1) is 14.5. The van der Waals surface area contributed by atoms with Crippen molar-refractivity contribution in [2.45, 2.75) is 13.5 Å². The molecule has 0 aliphatic carbocycles. The van der Waals surface area contributed by atoms with Gasteiger partial charge in [0.25, 0.3) is 0 Å². The van der Waals surface area contributed by atoms with E-state index in [0.29, 0.717) is 31.3 Å². The van der Waals surface area contributed by atoms with E-state index in [1.54, 1.807) is 18.9 Å². The Bertz CT molecular complexity index is 653. The summed E-state index contributed by atoms with van der Waals surface area (Å²) in [6.45, 7) is 4.04. The Morgan fingerprint density at radius 1 is 1.27 bits per heavy atom. The molecule has 2 heterocycles. The van der Waals surface area contributed by atoms with Gasteiger partial charge in [-0.2, -0.15) is 4.98 Å². The zero-order valence-corrected chi connectivity index (χ0v) is 12.7. The number of aryl methyl sites for hydroxylation is 1. The molecule has 22 heavy (non-hydrogen) atoms. The number of carbonyl (C=O) groups is 1. The Hall–Kier alpha value is -2.41. The van der Waals surface area contributed by atoms with Crippen molar-refractivity contribution in [3.8, 4) is 5.75 Å². The van der Waals surface area contributed by atoms with Crippen LogP contribution in [0.25, 0.3) is 0 Å². The molecule has 116 valence electrons. The van der Waals surface area contributed by atoms with Crippen LogP contribution >= 0.6 is 0 Å². The van der Waals surface area contributed by atoms with E-state index in [9.17, 15) is 4.79 Å². The number of ether oxygens (including phenoxy) is 1. The van der Waals surface area contributed by atoms with Crippen LogP contribution in [0.1, 0.15) is 11.7 Å². The molecule has 3 rings (SSSR count). The highest BCUT2D eigenvalue weighted by Crippen LogP contribution is 2.21. The van der Waals surface area contributed by atoms with Crippen molar-refractivity contribution < 1.29 is 14.1 Å². The van der Waals surface area contributed by atoms with Crippen LogP contribution in [0.2, 0.25) is 0 Å². The van der Waals surface area contributed by atoms with Crippen molar-refractivity contribution in [3.63, 3.8) is 0 Å². The van der Waals surface area contributed by atoms with Gasteiger partial charge in [0.1, 0.15) is 5.75 Å². The second kappa shape index (κ2) is 6.15. The minimum atomic E-state index is 0.0663. The van der Waals surface area contributed by atoms with E-state index < -0.39 is 0 Å². The van der Waals surface area contributed by atoms with Crippen molar-refractivity contribution in [2.75, 3.05) is 31.6 Å². The maximum absolute atomic E-state index is 12.3. The Balaban J connectivity index is 1.63. The lowest BCUT2D eigenvalue weighted by Gasteiger charge is -2.33. The number of anilines is 1. The minimum Gasteiger partial charge on any atom is -0.497 e. The number of benzene rings is 1. The summed E-state index contributed by atoms with van der Waals surface area (Å²) in [5, 5.41) is 3.86. The first-order chi connectivity index (χ1) is 10.7. The van der Waals surface area contributed by atoms with Gasteiger partial charge in [-0.1, -0.05) is 5.16 Å². The molecule has 1 amide bonds. The molecule has 0 bridgehead atoms. The molecule has 0 N–H and O–H groups in total. The van der Waals surface area contributed by atoms with E-state index >= 15 is 0 Å². The number of rotatable bonds is 4. The van der Waals surface area contributed by atoms with Gasteiger partial charge in [0.2, 0.25) is 11.8 Å². The first-order valence-electron chi connectivity index (χ1n) is 7.11. The maximum atomic E-state index is 12.3. The van der Waals surface area contributed by atoms with E-state index in [2.05, 4.69) is 10.1 Å². The number of hydrogen-bond donors (Lipinski definition) is 0. The summed E-state index contributed by atoms with van der Waals surface area (Å²) in [5.41, 5.74) is 0.890. The fraction of sp³-hybridized carbons (Fsp3) is 0.400. The molecular weight excluding hydrogens is 284 g/mol. The smallest absolute Gasteiger partial charge is 0.241 e. The molecule has 2 aromatic rings. The van der Waals surface area contributed by atoms with Gasteiger partial charge in [0.15, 0.2) is 5.82 Å². The Labute approximate surface area is 128 Å². The lowest BCUT2D eigenvalue weighted by molar-refractivity contribution is -0.121. The van der Waals surface area contributed by atoms with Crippen molar-refractivity contribution in [1.29, 1.82) is 0 Å². The molecule has 0 atom stereocenters. The van der Waals surface area contributed by atoms with Gasteiger partial charge >= 0.3 is 0 Å². The molecule has 1 fully saturated rings. The highest BCUT2D eigenvalue weighted by atomic mass is 16.5. The monoisotopic (exact) mass is 302 g/mol. The summed E-state index contributed by atoms with van der Waals surface area (Å²) in [4.78, 5) is 20.3. The highest BCUT2D eigenvalue weighted by Gasteiger charge is 2.25. The zero-order chi connectivity index (χ0) is 15.5. The molecule has 0 unspecified atom stereocenters. The average Bonchev–Trinajstić information content (AvgIpc) is 2.93. The lowest BCUT2D eigenvalue weighted by Crippen LogP contribution is -2.50. The number of hydrogen-bond acceptors (Lipinski definition) is 6. The summed E-state index contributed by atoms with van der Waals surface area (Å²) < 4.78 is 10.1. The molecular formula is C15H18N4O3. The van der Waals surface area contributed by atoms with Crippen LogP contribution in [0, 0.1) is 6.92 Å². The second-order valence-corrected chi connectivity index (χ2v) is 5.18. The number of aromatic nitrogens is 2. The third kappa shape index (κ3) is 3.09. The molecule has 7 heteroatoms. The molecule has 0 radical (unpaired) electrons. The van der Waals surface area contributed by atoms with Crippen molar-refractivity contribution in [2.24, 2.45) is 0 Å². The second-order valence-electron chi connectivity index (χ2n) is 5.18. The Morgan fingerprint density at radius 2 is 2.05 bits per heavy atom. The molecule has 1 aromatic heterocycles. The zero-order valence-electron chi connectivity index (χ0n) is 12.7. The predicted octanol–water partition coefficient (Wildman–Crippen LogP) is 1.24. The SMILES string of the molecule is COc1ccc(N2CCN(Cc3noc(C)n3)CC2=O)cc1. The normalized spacial score (nSPS) is 16.1. The van der Waals surface area contributed by atoms with Crippen molar-refractivity contribution in [3.05, 3.63) is 36.0 Å². The molecule has 1 saturated heterocycles. The van der Waals surface area contributed by atoms with E-state index in [1.807, 2.05) is 29.2 Å². The number of methoxy groups -OCH3 is 1. The fourth-order valence-corrected chi connectivity index (χ4v) is 2.50. The fourth-order valence-electron chi connectivity index (χ4n) is 2.50. The van der Waals surface area contributed by atoms with Crippen molar-refractivity contribution in [1.82, 2.24) is 15.0 Å². The van der Waals surface area contributed by atoms with E-state index in [0.717, 1.165) is 18.0 Å². The number of piperazine rings is 1. The number of nitrogens with zero attached hydrogens (tertiary/aromatic N) is 4. The van der Waals surface area contributed by atoms with Gasteiger partial charge < -0.3 is 14.2 Å². The molecule has 7 nitrogen and oxygen atoms in total. The topological polar surface area (TPSA) is 71.7 Å². The van der Waals surface area contributed by atoms with E-state index in [-0.39, 0.29) is 5.91 Å². The molecule has 0 spiro atoms. The standard InChI is InChI=1S/C15H18N4O3/c1-11-16-14(17-22-11)9-18-7-8-19(15(20)10-18)12-3-5-13(21-2)6-4-12/h3-6H,7-10H2,1-2H3. The average molecular weight is 302 g/mol. The third-order valence-corrected chi connectivity index (χ3v) is 3.62. The van der Waals surface area contributed by atoms with E-state index in [1.165, 1.54) is 0 Å². The van der Waals surface area contributed by atoms with Crippen LogP contribution < -0.4 is 9.64 Å². The number of amides is 1. The van der Waals surface area contributed by atoms with Gasteiger partial charge in [-0.15, -0.1) is 0 Å². The van der Waals surface area contributed by atoms with Crippen LogP contribution in [-0.4, -0.2) is 47.7 Å². The molecule has 1 aromatic carbocycles.